The van der Waals surface area contributed by atoms with Crippen LogP contribution in [0.5, 0.6) is 11.5 Å². The fourth-order valence-electron chi connectivity index (χ4n) is 6.38. The van der Waals surface area contributed by atoms with Gasteiger partial charge in [0.25, 0.3) is 0 Å². The van der Waals surface area contributed by atoms with Gasteiger partial charge in [0.05, 0.1) is 13.0 Å². The average molecular weight is 581 g/mol. The van der Waals surface area contributed by atoms with E-state index >= 15 is 0 Å². The van der Waals surface area contributed by atoms with Crippen molar-refractivity contribution in [2.24, 2.45) is 17.8 Å². The van der Waals surface area contributed by atoms with Gasteiger partial charge in [-0.15, -0.1) is 0 Å². The minimum absolute atomic E-state index is 0.194. The van der Waals surface area contributed by atoms with Crippen molar-refractivity contribution in [3.8, 4) is 11.5 Å². The van der Waals surface area contributed by atoms with Crippen molar-refractivity contribution < 1.29 is 41.8 Å². The Hall–Kier alpha value is -3.11. The number of halogens is 3. The first-order valence-corrected chi connectivity index (χ1v) is 14.8. The molecular formula is C30H39F3N2O6. The summed E-state index contributed by atoms with van der Waals surface area (Å²) in [7, 11) is 0. The Morgan fingerprint density at radius 3 is 2.07 bits per heavy atom. The maximum Gasteiger partial charge on any atom is 0.313 e. The number of benzene rings is 1. The standard InChI is InChI=1S/C30H39F3N2O6/c31-21-14-22(32)28-29(27(21)33)40-17-24(36)23(15-26(38)41-28)35-25(37)16-34-30(39)20-12-6-10-19(11-7-13-20)18-8-4-2-1-3-5-9-18/h14,18-20,23H,1-13,15-17H2,(H,34,39)(H,35,37)/t19?,20?,23-/m0/s1. The zero-order valence-electron chi connectivity index (χ0n) is 23.3. The summed E-state index contributed by atoms with van der Waals surface area (Å²) in [5.74, 6) is -8.21. The summed E-state index contributed by atoms with van der Waals surface area (Å²) in [6.07, 6.45) is 14.3. The summed E-state index contributed by atoms with van der Waals surface area (Å²) in [4.78, 5) is 50.3. The Balaban J connectivity index is 1.25. The predicted octanol–water partition coefficient (Wildman–Crippen LogP) is 4.91. The zero-order valence-corrected chi connectivity index (χ0v) is 23.3. The molecule has 8 nitrogen and oxygen atoms in total. The SMILES string of the molecule is O=C(CNC(=O)C1CCCC(C2CCCCCCC2)CCC1)N[C@H]1CC(=O)Oc2c(F)cc(F)c(F)c2OCC1=O. The summed E-state index contributed by atoms with van der Waals surface area (Å²) in [6.45, 7) is -1.28. The molecule has 0 bridgehead atoms. The summed E-state index contributed by atoms with van der Waals surface area (Å²) < 4.78 is 51.5. The summed E-state index contributed by atoms with van der Waals surface area (Å²) in [6, 6.07) is -1.23. The van der Waals surface area contributed by atoms with Gasteiger partial charge in [0.2, 0.25) is 29.1 Å². The van der Waals surface area contributed by atoms with Crippen molar-refractivity contribution in [1.82, 2.24) is 10.6 Å². The number of ether oxygens (including phenoxy) is 2. The van der Waals surface area contributed by atoms with E-state index in [-0.39, 0.29) is 17.9 Å². The van der Waals surface area contributed by atoms with Crippen molar-refractivity contribution >= 4 is 23.6 Å². The van der Waals surface area contributed by atoms with Gasteiger partial charge in [-0.1, -0.05) is 70.6 Å². The maximum atomic E-state index is 14.1. The van der Waals surface area contributed by atoms with E-state index in [1.165, 1.54) is 44.9 Å². The van der Waals surface area contributed by atoms with E-state index in [0.717, 1.165) is 50.4 Å². The highest BCUT2D eigenvalue weighted by Crippen LogP contribution is 2.37. The number of fused-ring (bicyclic) bond motifs is 1. The molecule has 2 N–H and O–H groups in total. The molecule has 226 valence electrons. The topological polar surface area (TPSA) is 111 Å². The number of carbonyl (C=O) groups excluding carboxylic acids is 4. The molecule has 0 spiro atoms. The van der Waals surface area contributed by atoms with Gasteiger partial charge in [-0.25, -0.2) is 8.78 Å². The number of amides is 2. The van der Waals surface area contributed by atoms with E-state index in [2.05, 4.69) is 10.6 Å². The summed E-state index contributed by atoms with van der Waals surface area (Å²) in [5.41, 5.74) is 0. The molecule has 4 rings (SSSR count). The minimum Gasteiger partial charge on any atom is -0.479 e. The Labute approximate surface area is 238 Å². The highest BCUT2D eigenvalue weighted by Gasteiger charge is 2.32. The predicted molar refractivity (Wildman–Crippen MR) is 143 cm³/mol. The zero-order chi connectivity index (χ0) is 29.4. The summed E-state index contributed by atoms with van der Waals surface area (Å²) >= 11 is 0. The van der Waals surface area contributed by atoms with E-state index in [4.69, 9.17) is 9.47 Å². The second kappa shape index (κ2) is 14.7. The minimum atomic E-state index is -1.61. The van der Waals surface area contributed by atoms with E-state index in [1.807, 2.05) is 0 Å². The van der Waals surface area contributed by atoms with Gasteiger partial charge in [0.1, 0.15) is 12.6 Å². The average Bonchev–Trinajstić information content (AvgIpc) is 2.95. The molecule has 0 radical (unpaired) electrons. The fourth-order valence-corrected chi connectivity index (χ4v) is 6.38. The number of ketones is 1. The van der Waals surface area contributed by atoms with E-state index < -0.39 is 72.2 Å². The third-order valence-electron chi connectivity index (χ3n) is 8.62. The van der Waals surface area contributed by atoms with E-state index in [9.17, 15) is 32.3 Å². The Kier molecular flexibility index (Phi) is 11.0. The number of esters is 1. The molecule has 0 aromatic heterocycles. The van der Waals surface area contributed by atoms with Crippen LogP contribution in [0.25, 0.3) is 0 Å². The molecule has 1 aromatic carbocycles. The number of nitrogens with one attached hydrogen (secondary N) is 2. The van der Waals surface area contributed by atoms with Gasteiger partial charge >= 0.3 is 5.97 Å². The number of hydrogen-bond acceptors (Lipinski definition) is 6. The third kappa shape index (κ3) is 8.45. The molecule has 11 heteroatoms. The van der Waals surface area contributed by atoms with Crippen LogP contribution < -0.4 is 20.1 Å². The lowest BCUT2D eigenvalue weighted by atomic mass is 9.75. The highest BCUT2D eigenvalue weighted by atomic mass is 19.2. The van der Waals surface area contributed by atoms with Gasteiger partial charge in [-0.2, -0.15) is 4.39 Å². The molecule has 2 saturated carbocycles. The first kappa shape index (κ1) is 30.8. The molecule has 0 unspecified atom stereocenters. The molecule has 2 amide bonds. The highest BCUT2D eigenvalue weighted by molar-refractivity contribution is 5.95. The van der Waals surface area contributed by atoms with Crippen molar-refractivity contribution in [3.63, 3.8) is 0 Å². The van der Waals surface area contributed by atoms with Crippen LogP contribution in [0, 0.1) is 35.2 Å². The van der Waals surface area contributed by atoms with Gasteiger partial charge in [-0.3, -0.25) is 19.2 Å². The van der Waals surface area contributed by atoms with Crippen molar-refractivity contribution in [1.29, 1.82) is 0 Å². The molecular weight excluding hydrogens is 541 g/mol. The van der Waals surface area contributed by atoms with Crippen molar-refractivity contribution in [3.05, 3.63) is 23.5 Å². The second-order valence-electron chi connectivity index (χ2n) is 11.5. The molecule has 1 atom stereocenters. The van der Waals surface area contributed by atoms with Crippen LogP contribution in [0.1, 0.15) is 89.9 Å². The largest absolute Gasteiger partial charge is 0.479 e. The maximum absolute atomic E-state index is 14.1. The molecule has 2 aliphatic carbocycles. The second-order valence-corrected chi connectivity index (χ2v) is 11.5. The number of hydrogen-bond donors (Lipinski definition) is 2. The van der Waals surface area contributed by atoms with Crippen LogP contribution in [0.2, 0.25) is 0 Å². The van der Waals surface area contributed by atoms with Crippen LogP contribution in [-0.2, 0) is 19.2 Å². The van der Waals surface area contributed by atoms with Crippen LogP contribution in [0.3, 0.4) is 0 Å². The first-order chi connectivity index (χ1) is 19.7. The Morgan fingerprint density at radius 2 is 1.41 bits per heavy atom. The number of Topliss-reactive ketones (excluding diaryl/α,β-unsaturated/α-hetero) is 1. The molecule has 2 fully saturated rings. The Morgan fingerprint density at radius 1 is 0.805 bits per heavy atom. The van der Waals surface area contributed by atoms with Crippen LogP contribution in [0.15, 0.2) is 6.07 Å². The molecule has 0 saturated heterocycles. The van der Waals surface area contributed by atoms with Gasteiger partial charge in [-0.05, 0) is 24.7 Å². The van der Waals surface area contributed by atoms with E-state index in [0.29, 0.717) is 0 Å². The van der Waals surface area contributed by atoms with Crippen LogP contribution in [0.4, 0.5) is 13.2 Å². The van der Waals surface area contributed by atoms with E-state index in [1.54, 1.807) is 0 Å². The molecule has 1 aliphatic heterocycles. The molecule has 1 aromatic rings. The fraction of sp³-hybridized carbons (Fsp3) is 0.667. The molecule has 1 heterocycles. The first-order valence-electron chi connectivity index (χ1n) is 14.8. The quantitative estimate of drug-likeness (QED) is 0.291. The molecule has 41 heavy (non-hydrogen) atoms. The normalized spacial score (nSPS) is 24.9. The smallest absolute Gasteiger partial charge is 0.313 e. The number of carbonyl (C=O) groups is 4. The van der Waals surface area contributed by atoms with Crippen LogP contribution in [-0.4, -0.2) is 42.8 Å². The van der Waals surface area contributed by atoms with Crippen molar-refractivity contribution in [2.45, 2.75) is 95.9 Å². The van der Waals surface area contributed by atoms with Gasteiger partial charge in [0.15, 0.2) is 17.4 Å². The lowest BCUT2D eigenvalue weighted by Crippen LogP contribution is -2.48. The third-order valence-corrected chi connectivity index (χ3v) is 8.62. The monoisotopic (exact) mass is 580 g/mol. The summed E-state index contributed by atoms with van der Waals surface area (Å²) in [5, 5.41) is 4.98. The van der Waals surface area contributed by atoms with Crippen LogP contribution >= 0.6 is 0 Å². The number of rotatable bonds is 5. The van der Waals surface area contributed by atoms with Gasteiger partial charge in [0, 0.05) is 12.0 Å². The lowest BCUT2D eigenvalue weighted by molar-refractivity contribution is -0.138. The Bertz CT molecular complexity index is 1110. The van der Waals surface area contributed by atoms with Crippen molar-refractivity contribution in [2.75, 3.05) is 13.2 Å². The van der Waals surface area contributed by atoms with Gasteiger partial charge < -0.3 is 20.1 Å². The molecule has 3 aliphatic rings. The lowest BCUT2D eigenvalue weighted by Gasteiger charge is -2.31.